The van der Waals surface area contributed by atoms with E-state index < -0.39 is 0 Å². The predicted molar refractivity (Wildman–Crippen MR) is 87.4 cm³/mol. The van der Waals surface area contributed by atoms with Gasteiger partial charge in [0.2, 0.25) is 0 Å². The number of carbonyl (C=O) groups is 1. The van der Waals surface area contributed by atoms with Crippen molar-refractivity contribution >= 4 is 6.29 Å². The molecule has 0 aliphatic carbocycles. The molecule has 0 unspecified atom stereocenters. The van der Waals surface area contributed by atoms with Gasteiger partial charge in [-0.25, -0.2) is 4.68 Å². The van der Waals surface area contributed by atoms with E-state index in [1.54, 1.807) is 4.68 Å². The van der Waals surface area contributed by atoms with Crippen molar-refractivity contribution in [2.24, 2.45) is 0 Å². The number of ether oxygens (including phenoxy) is 1. The average Bonchev–Trinajstić information content (AvgIpc) is 3.03. The second kappa shape index (κ2) is 7.35. The Balaban J connectivity index is 1.66. The SMILES string of the molecule is O=Cc1nnn(CCCOc2ccccc2)c1-c1ccccc1. The summed E-state index contributed by atoms with van der Waals surface area (Å²) in [6, 6.07) is 19.4. The highest BCUT2D eigenvalue weighted by Gasteiger charge is 2.13. The lowest BCUT2D eigenvalue weighted by Gasteiger charge is -2.08. The molecule has 0 aliphatic rings. The largest absolute Gasteiger partial charge is 0.494 e. The lowest BCUT2D eigenvalue weighted by atomic mass is 10.1. The Kier molecular flexibility index (Phi) is 4.79. The average molecular weight is 307 g/mol. The monoisotopic (exact) mass is 307 g/mol. The van der Waals surface area contributed by atoms with E-state index in [0.717, 1.165) is 29.7 Å². The molecule has 5 heteroatoms. The molecule has 2 aromatic carbocycles. The number of rotatable bonds is 7. The maximum atomic E-state index is 11.2. The second-order valence-electron chi connectivity index (χ2n) is 5.05. The highest BCUT2D eigenvalue weighted by Crippen LogP contribution is 2.21. The number of carbonyl (C=O) groups excluding carboxylic acids is 1. The summed E-state index contributed by atoms with van der Waals surface area (Å²) in [6.07, 6.45) is 1.52. The van der Waals surface area contributed by atoms with Crippen LogP contribution in [0.15, 0.2) is 60.7 Å². The molecular formula is C18H17N3O2. The number of aldehydes is 1. The van der Waals surface area contributed by atoms with Gasteiger partial charge in [0, 0.05) is 18.5 Å². The smallest absolute Gasteiger partial charge is 0.172 e. The first kappa shape index (κ1) is 15.0. The van der Waals surface area contributed by atoms with Crippen LogP contribution in [0, 0.1) is 0 Å². The second-order valence-corrected chi connectivity index (χ2v) is 5.05. The van der Waals surface area contributed by atoms with Crippen LogP contribution in [-0.4, -0.2) is 27.9 Å². The molecule has 0 atom stereocenters. The first-order chi connectivity index (χ1) is 11.4. The summed E-state index contributed by atoms with van der Waals surface area (Å²) in [6.45, 7) is 1.21. The van der Waals surface area contributed by atoms with Crippen LogP contribution >= 0.6 is 0 Å². The van der Waals surface area contributed by atoms with Crippen molar-refractivity contribution in [3.63, 3.8) is 0 Å². The maximum absolute atomic E-state index is 11.2. The van der Waals surface area contributed by atoms with Crippen LogP contribution in [0.4, 0.5) is 0 Å². The van der Waals surface area contributed by atoms with Gasteiger partial charge in [0.15, 0.2) is 12.0 Å². The highest BCUT2D eigenvalue weighted by atomic mass is 16.5. The van der Waals surface area contributed by atoms with Gasteiger partial charge in [-0.15, -0.1) is 5.10 Å². The van der Waals surface area contributed by atoms with Gasteiger partial charge in [-0.2, -0.15) is 0 Å². The normalized spacial score (nSPS) is 10.4. The van der Waals surface area contributed by atoms with E-state index in [1.165, 1.54) is 0 Å². The third kappa shape index (κ3) is 3.63. The van der Waals surface area contributed by atoms with Crippen molar-refractivity contribution in [1.29, 1.82) is 0 Å². The van der Waals surface area contributed by atoms with Crippen molar-refractivity contribution < 1.29 is 9.53 Å². The molecule has 3 rings (SSSR count). The number of para-hydroxylation sites is 1. The van der Waals surface area contributed by atoms with E-state index in [9.17, 15) is 4.79 Å². The molecule has 0 radical (unpaired) electrons. The topological polar surface area (TPSA) is 57.0 Å². The molecule has 3 aromatic rings. The van der Waals surface area contributed by atoms with E-state index in [4.69, 9.17) is 4.74 Å². The summed E-state index contributed by atoms with van der Waals surface area (Å²) in [7, 11) is 0. The molecule has 23 heavy (non-hydrogen) atoms. The molecule has 5 nitrogen and oxygen atoms in total. The van der Waals surface area contributed by atoms with Crippen molar-refractivity contribution in [3.05, 3.63) is 66.4 Å². The molecule has 1 aromatic heterocycles. The number of hydrogen-bond donors (Lipinski definition) is 0. The van der Waals surface area contributed by atoms with E-state index in [2.05, 4.69) is 10.3 Å². The molecule has 0 saturated heterocycles. The standard InChI is InChI=1S/C18H17N3O2/c22-14-17-18(15-8-3-1-4-9-15)21(20-19-17)12-7-13-23-16-10-5-2-6-11-16/h1-6,8-11,14H,7,12-13H2. The zero-order chi connectivity index (χ0) is 15.9. The fourth-order valence-corrected chi connectivity index (χ4v) is 2.38. The zero-order valence-corrected chi connectivity index (χ0v) is 12.6. The number of benzene rings is 2. The Hall–Kier alpha value is -2.95. The van der Waals surface area contributed by atoms with Gasteiger partial charge in [-0.05, 0) is 12.1 Å². The van der Waals surface area contributed by atoms with Crippen LogP contribution in [0.5, 0.6) is 5.75 Å². The third-order valence-electron chi connectivity index (χ3n) is 3.45. The fraction of sp³-hybridized carbons (Fsp3) is 0.167. The molecule has 1 heterocycles. The van der Waals surface area contributed by atoms with Gasteiger partial charge in [0.1, 0.15) is 5.75 Å². The summed E-state index contributed by atoms with van der Waals surface area (Å²) < 4.78 is 7.43. The van der Waals surface area contributed by atoms with E-state index in [0.29, 0.717) is 18.8 Å². The molecule has 0 spiro atoms. The summed E-state index contributed by atoms with van der Waals surface area (Å²) >= 11 is 0. The summed E-state index contributed by atoms with van der Waals surface area (Å²) in [5.74, 6) is 0.850. The van der Waals surface area contributed by atoms with Crippen molar-refractivity contribution in [3.8, 4) is 17.0 Å². The summed E-state index contributed by atoms with van der Waals surface area (Å²) in [5, 5.41) is 8.04. The van der Waals surface area contributed by atoms with E-state index >= 15 is 0 Å². The Morgan fingerprint density at radius 2 is 1.70 bits per heavy atom. The van der Waals surface area contributed by atoms with Crippen molar-refractivity contribution in [1.82, 2.24) is 15.0 Å². The minimum Gasteiger partial charge on any atom is -0.494 e. The molecule has 0 fully saturated rings. The van der Waals surface area contributed by atoms with Crippen LogP contribution in [0.2, 0.25) is 0 Å². The van der Waals surface area contributed by atoms with Crippen LogP contribution < -0.4 is 4.74 Å². The van der Waals surface area contributed by atoms with Crippen molar-refractivity contribution in [2.75, 3.05) is 6.61 Å². The summed E-state index contributed by atoms with van der Waals surface area (Å²) in [4.78, 5) is 11.2. The van der Waals surface area contributed by atoms with E-state index in [1.807, 2.05) is 60.7 Å². The Labute approximate surface area is 134 Å². The number of hydrogen-bond acceptors (Lipinski definition) is 4. The minimum atomic E-state index is 0.361. The summed E-state index contributed by atoms with van der Waals surface area (Å²) in [5.41, 5.74) is 2.05. The molecule has 0 aliphatic heterocycles. The minimum absolute atomic E-state index is 0.361. The number of aromatic nitrogens is 3. The predicted octanol–water partition coefficient (Wildman–Crippen LogP) is 3.23. The molecule has 0 saturated carbocycles. The van der Waals surface area contributed by atoms with Gasteiger partial charge < -0.3 is 4.74 Å². The van der Waals surface area contributed by atoms with Crippen LogP contribution in [0.25, 0.3) is 11.3 Å². The molecular weight excluding hydrogens is 290 g/mol. The Morgan fingerprint density at radius 3 is 2.39 bits per heavy atom. The number of aryl methyl sites for hydroxylation is 1. The van der Waals surface area contributed by atoms with Crippen LogP contribution in [0.3, 0.4) is 0 Å². The molecule has 0 amide bonds. The van der Waals surface area contributed by atoms with Gasteiger partial charge in [-0.1, -0.05) is 53.7 Å². The van der Waals surface area contributed by atoms with Crippen LogP contribution in [0.1, 0.15) is 16.9 Å². The van der Waals surface area contributed by atoms with Gasteiger partial charge >= 0.3 is 0 Å². The molecule has 0 N–H and O–H groups in total. The Morgan fingerprint density at radius 1 is 1.00 bits per heavy atom. The number of nitrogens with zero attached hydrogens (tertiary/aromatic N) is 3. The van der Waals surface area contributed by atoms with Crippen molar-refractivity contribution in [2.45, 2.75) is 13.0 Å². The first-order valence-corrected chi connectivity index (χ1v) is 7.50. The van der Waals surface area contributed by atoms with Gasteiger partial charge in [0.05, 0.1) is 12.3 Å². The maximum Gasteiger partial charge on any atom is 0.172 e. The van der Waals surface area contributed by atoms with Gasteiger partial charge in [0.25, 0.3) is 0 Å². The van der Waals surface area contributed by atoms with Crippen LogP contribution in [-0.2, 0) is 6.54 Å². The third-order valence-corrected chi connectivity index (χ3v) is 3.45. The van der Waals surface area contributed by atoms with E-state index in [-0.39, 0.29) is 0 Å². The lowest BCUT2D eigenvalue weighted by molar-refractivity contribution is 0.111. The quantitative estimate of drug-likeness (QED) is 0.497. The zero-order valence-electron chi connectivity index (χ0n) is 12.6. The Bertz CT molecular complexity index is 754. The molecule has 116 valence electrons. The fourth-order valence-electron chi connectivity index (χ4n) is 2.38. The highest BCUT2D eigenvalue weighted by molar-refractivity contribution is 5.83. The lowest BCUT2D eigenvalue weighted by Crippen LogP contribution is -2.07. The first-order valence-electron chi connectivity index (χ1n) is 7.50. The molecule has 0 bridgehead atoms. The van der Waals surface area contributed by atoms with Gasteiger partial charge in [-0.3, -0.25) is 4.79 Å².